The van der Waals surface area contributed by atoms with E-state index in [0.717, 1.165) is 16.8 Å². The number of carboxylic acid groups (broad SMARTS) is 1. The number of carboxylic acids is 1. The zero-order valence-corrected chi connectivity index (χ0v) is 10.5. The van der Waals surface area contributed by atoms with Gasteiger partial charge in [-0.25, -0.2) is 0 Å². The second-order valence-electron chi connectivity index (χ2n) is 3.98. The predicted molar refractivity (Wildman–Crippen MR) is 66.4 cm³/mol. The summed E-state index contributed by atoms with van der Waals surface area (Å²) in [7, 11) is 1.85. The standard InChI is InChI=1S/C12H16ClNO2/c1-8-6-9(2)12(10(13)7-8)14(3)5-4-11(15)16/h6-7H,4-5H2,1-3H3,(H,15,16). The molecule has 1 N–H and O–H groups in total. The Hall–Kier alpha value is -1.22. The first-order valence-electron chi connectivity index (χ1n) is 5.11. The van der Waals surface area contributed by atoms with Crippen molar-refractivity contribution in [3.05, 3.63) is 28.3 Å². The Kier molecular flexibility index (Phi) is 4.19. The molecular formula is C12H16ClNO2. The van der Waals surface area contributed by atoms with E-state index >= 15 is 0 Å². The molecule has 0 saturated heterocycles. The summed E-state index contributed by atoms with van der Waals surface area (Å²) in [4.78, 5) is 12.4. The minimum atomic E-state index is -0.798. The summed E-state index contributed by atoms with van der Waals surface area (Å²) in [6.45, 7) is 4.42. The van der Waals surface area contributed by atoms with E-state index < -0.39 is 5.97 Å². The minimum Gasteiger partial charge on any atom is -0.481 e. The third-order valence-corrected chi connectivity index (χ3v) is 2.73. The fourth-order valence-corrected chi connectivity index (χ4v) is 2.23. The molecule has 4 heteroatoms. The van der Waals surface area contributed by atoms with Gasteiger partial charge in [-0.05, 0) is 31.0 Å². The molecule has 16 heavy (non-hydrogen) atoms. The van der Waals surface area contributed by atoms with E-state index in [2.05, 4.69) is 0 Å². The van der Waals surface area contributed by atoms with E-state index in [1.165, 1.54) is 0 Å². The number of halogens is 1. The lowest BCUT2D eigenvalue weighted by Crippen LogP contribution is -2.22. The van der Waals surface area contributed by atoms with E-state index in [1.54, 1.807) is 0 Å². The molecule has 0 heterocycles. The van der Waals surface area contributed by atoms with E-state index in [9.17, 15) is 4.79 Å². The average molecular weight is 242 g/mol. The van der Waals surface area contributed by atoms with Gasteiger partial charge in [-0.3, -0.25) is 4.79 Å². The van der Waals surface area contributed by atoms with Crippen LogP contribution in [0.4, 0.5) is 5.69 Å². The Morgan fingerprint density at radius 1 is 1.44 bits per heavy atom. The molecule has 0 aliphatic carbocycles. The summed E-state index contributed by atoms with van der Waals surface area (Å²) in [5.74, 6) is -0.798. The van der Waals surface area contributed by atoms with Gasteiger partial charge >= 0.3 is 5.97 Å². The number of hydrogen-bond acceptors (Lipinski definition) is 2. The molecule has 0 bridgehead atoms. The molecule has 3 nitrogen and oxygen atoms in total. The van der Waals surface area contributed by atoms with Crippen molar-refractivity contribution in [2.24, 2.45) is 0 Å². The van der Waals surface area contributed by atoms with Crippen LogP contribution in [0.15, 0.2) is 12.1 Å². The summed E-state index contributed by atoms with van der Waals surface area (Å²) in [6.07, 6.45) is 0.111. The Morgan fingerprint density at radius 2 is 2.06 bits per heavy atom. The van der Waals surface area contributed by atoms with Crippen molar-refractivity contribution in [3.8, 4) is 0 Å². The van der Waals surface area contributed by atoms with Gasteiger partial charge in [0.1, 0.15) is 0 Å². The van der Waals surface area contributed by atoms with Crippen molar-refractivity contribution in [1.82, 2.24) is 0 Å². The number of benzene rings is 1. The normalized spacial score (nSPS) is 10.2. The number of aryl methyl sites for hydroxylation is 2. The summed E-state index contributed by atoms with van der Waals surface area (Å²) >= 11 is 6.16. The van der Waals surface area contributed by atoms with E-state index in [1.807, 2.05) is 37.9 Å². The SMILES string of the molecule is Cc1cc(C)c(N(C)CCC(=O)O)c(Cl)c1. The first-order valence-corrected chi connectivity index (χ1v) is 5.49. The molecule has 0 amide bonds. The van der Waals surface area contributed by atoms with Crippen molar-refractivity contribution in [2.75, 3.05) is 18.5 Å². The van der Waals surface area contributed by atoms with Gasteiger partial charge in [0.15, 0.2) is 0 Å². The molecule has 1 aromatic carbocycles. The lowest BCUT2D eigenvalue weighted by atomic mass is 10.1. The van der Waals surface area contributed by atoms with Crippen molar-refractivity contribution >= 4 is 23.3 Å². The molecule has 0 saturated carbocycles. The van der Waals surface area contributed by atoms with Crippen molar-refractivity contribution in [1.29, 1.82) is 0 Å². The summed E-state index contributed by atoms with van der Waals surface area (Å²) < 4.78 is 0. The van der Waals surface area contributed by atoms with Crippen LogP contribution in [0.2, 0.25) is 5.02 Å². The zero-order chi connectivity index (χ0) is 12.3. The first-order chi connectivity index (χ1) is 7.41. The number of nitrogens with zero attached hydrogens (tertiary/aromatic N) is 1. The first kappa shape index (κ1) is 12.8. The highest BCUT2D eigenvalue weighted by Crippen LogP contribution is 2.30. The summed E-state index contributed by atoms with van der Waals surface area (Å²) in [5, 5.41) is 9.30. The van der Waals surface area contributed by atoms with Crippen LogP contribution in [-0.2, 0) is 4.79 Å². The van der Waals surface area contributed by atoms with Crippen LogP contribution in [0.25, 0.3) is 0 Å². The Balaban J connectivity index is 2.90. The molecule has 88 valence electrons. The maximum absolute atomic E-state index is 10.5. The van der Waals surface area contributed by atoms with Crippen LogP contribution >= 0.6 is 11.6 Å². The predicted octanol–water partition coefficient (Wildman–Crippen LogP) is 2.87. The maximum Gasteiger partial charge on any atom is 0.305 e. The molecule has 1 aromatic rings. The fraction of sp³-hybridized carbons (Fsp3) is 0.417. The van der Waals surface area contributed by atoms with Gasteiger partial charge in [0.05, 0.1) is 17.1 Å². The quantitative estimate of drug-likeness (QED) is 0.881. The second kappa shape index (κ2) is 5.21. The third kappa shape index (κ3) is 3.14. The second-order valence-corrected chi connectivity index (χ2v) is 4.38. The number of carbonyl (C=O) groups is 1. The minimum absolute atomic E-state index is 0.111. The highest BCUT2D eigenvalue weighted by atomic mass is 35.5. The maximum atomic E-state index is 10.5. The molecule has 0 fully saturated rings. The lowest BCUT2D eigenvalue weighted by Gasteiger charge is -2.22. The number of hydrogen-bond donors (Lipinski definition) is 1. The van der Waals surface area contributed by atoms with Crippen LogP contribution in [0.1, 0.15) is 17.5 Å². The van der Waals surface area contributed by atoms with E-state index in [4.69, 9.17) is 16.7 Å². The molecule has 0 atom stereocenters. The Morgan fingerprint density at radius 3 is 2.56 bits per heavy atom. The molecule has 0 spiro atoms. The van der Waals surface area contributed by atoms with E-state index in [0.29, 0.717) is 11.6 Å². The van der Waals surface area contributed by atoms with Gasteiger partial charge in [0.25, 0.3) is 0 Å². The smallest absolute Gasteiger partial charge is 0.305 e. The van der Waals surface area contributed by atoms with Crippen LogP contribution in [0.5, 0.6) is 0 Å². The molecule has 0 radical (unpaired) electrons. The lowest BCUT2D eigenvalue weighted by molar-refractivity contribution is -0.136. The van der Waals surface area contributed by atoms with Gasteiger partial charge in [0, 0.05) is 13.6 Å². The topological polar surface area (TPSA) is 40.5 Å². The number of aliphatic carboxylic acids is 1. The van der Waals surface area contributed by atoms with E-state index in [-0.39, 0.29) is 6.42 Å². The highest BCUT2D eigenvalue weighted by Gasteiger charge is 2.11. The Bertz CT molecular complexity index is 381. The average Bonchev–Trinajstić information content (AvgIpc) is 2.12. The largest absolute Gasteiger partial charge is 0.481 e. The zero-order valence-electron chi connectivity index (χ0n) is 9.75. The van der Waals surface area contributed by atoms with Crippen LogP contribution < -0.4 is 4.90 Å². The monoisotopic (exact) mass is 241 g/mol. The van der Waals surface area contributed by atoms with Gasteiger partial charge in [-0.1, -0.05) is 17.7 Å². The molecule has 0 unspecified atom stereocenters. The van der Waals surface area contributed by atoms with Crippen LogP contribution in [-0.4, -0.2) is 24.7 Å². The fourth-order valence-electron chi connectivity index (χ4n) is 1.77. The van der Waals surface area contributed by atoms with Crippen LogP contribution in [0.3, 0.4) is 0 Å². The third-order valence-electron chi connectivity index (χ3n) is 2.44. The summed E-state index contributed by atoms with van der Waals surface area (Å²) in [6, 6.07) is 3.93. The molecule has 0 aromatic heterocycles. The number of anilines is 1. The molecule has 0 aliphatic heterocycles. The number of rotatable bonds is 4. The van der Waals surface area contributed by atoms with Gasteiger partial charge in [-0.15, -0.1) is 0 Å². The van der Waals surface area contributed by atoms with Gasteiger partial charge in [0.2, 0.25) is 0 Å². The van der Waals surface area contributed by atoms with Crippen molar-refractivity contribution in [3.63, 3.8) is 0 Å². The summed E-state index contributed by atoms with van der Waals surface area (Å²) in [5.41, 5.74) is 3.09. The van der Waals surface area contributed by atoms with Crippen LogP contribution in [0, 0.1) is 13.8 Å². The van der Waals surface area contributed by atoms with Gasteiger partial charge in [-0.2, -0.15) is 0 Å². The molecule has 1 rings (SSSR count). The molecule has 0 aliphatic rings. The Labute approximate surface area is 101 Å². The van der Waals surface area contributed by atoms with Crippen molar-refractivity contribution in [2.45, 2.75) is 20.3 Å². The van der Waals surface area contributed by atoms with Gasteiger partial charge < -0.3 is 10.0 Å². The highest BCUT2D eigenvalue weighted by molar-refractivity contribution is 6.33. The van der Waals surface area contributed by atoms with Crippen molar-refractivity contribution < 1.29 is 9.90 Å². The molecular weight excluding hydrogens is 226 g/mol.